The number of benzene rings is 2. The van der Waals surface area contributed by atoms with Gasteiger partial charge in [-0.15, -0.1) is 10.2 Å². The van der Waals surface area contributed by atoms with Gasteiger partial charge < -0.3 is 10.6 Å². The van der Waals surface area contributed by atoms with E-state index in [0.29, 0.717) is 10.7 Å². The second kappa shape index (κ2) is 10.6. The zero-order valence-corrected chi connectivity index (χ0v) is 18.7. The maximum absolute atomic E-state index is 13.1. The molecule has 1 unspecified atom stereocenters. The van der Waals surface area contributed by atoms with Crippen LogP contribution in [-0.4, -0.2) is 22.6 Å². The lowest BCUT2D eigenvalue weighted by Gasteiger charge is -2.16. The molecule has 3 rings (SSSR count). The molecule has 0 spiro atoms. The number of unbranched alkanes of at least 4 members (excludes halogenated alkanes) is 1. The third-order valence-corrected chi connectivity index (χ3v) is 6.84. The van der Waals surface area contributed by atoms with Gasteiger partial charge in [0.05, 0.1) is 0 Å². The molecule has 0 saturated heterocycles. The Morgan fingerprint density at radius 3 is 2.72 bits per heavy atom. The van der Waals surface area contributed by atoms with E-state index >= 15 is 0 Å². The minimum Gasteiger partial charge on any atom is -0.360 e. The largest absolute Gasteiger partial charge is 0.360 e. The Morgan fingerprint density at radius 2 is 2.00 bits per heavy atom. The van der Waals surface area contributed by atoms with Gasteiger partial charge in [0.15, 0.2) is 4.34 Å². The van der Waals surface area contributed by atoms with Crippen molar-refractivity contribution < 1.29 is 4.79 Å². The van der Waals surface area contributed by atoms with Gasteiger partial charge in [-0.25, -0.2) is 0 Å². The number of hydrogen-bond donors (Lipinski definition) is 2. The van der Waals surface area contributed by atoms with E-state index in [1.165, 1.54) is 23.1 Å². The van der Waals surface area contributed by atoms with Gasteiger partial charge in [-0.2, -0.15) is 0 Å². The van der Waals surface area contributed by atoms with Crippen molar-refractivity contribution in [3.8, 4) is 0 Å². The molecule has 0 radical (unpaired) electrons. The Balaban J connectivity index is 1.76. The Kier molecular flexibility index (Phi) is 7.91. The van der Waals surface area contributed by atoms with Crippen LogP contribution in [0.2, 0.25) is 5.02 Å². The average molecular weight is 447 g/mol. The summed E-state index contributed by atoms with van der Waals surface area (Å²) in [5.74, 6) is -0.128. The van der Waals surface area contributed by atoms with Crippen molar-refractivity contribution in [1.82, 2.24) is 10.2 Å². The fourth-order valence-electron chi connectivity index (χ4n) is 2.58. The fourth-order valence-corrected chi connectivity index (χ4v) is 4.73. The van der Waals surface area contributed by atoms with Gasteiger partial charge in [-0.3, -0.25) is 4.79 Å². The number of halogens is 1. The van der Waals surface area contributed by atoms with Crippen molar-refractivity contribution in [2.24, 2.45) is 0 Å². The number of nitrogens with one attached hydrogen (secondary N) is 2. The second-order valence-corrected chi connectivity index (χ2v) is 9.25. The number of hydrogen-bond acceptors (Lipinski definition) is 6. The first-order valence-electron chi connectivity index (χ1n) is 9.43. The van der Waals surface area contributed by atoms with Crippen molar-refractivity contribution >= 4 is 51.4 Å². The molecule has 3 aromatic rings. The first-order chi connectivity index (χ1) is 14.1. The first-order valence-corrected chi connectivity index (χ1v) is 11.5. The van der Waals surface area contributed by atoms with Crippen LogP contribution in [0.1, 0.15) is 36.1 Å². The molecule has 0 saturated carbocycles. The van der Waals surface area contributed by atoms with Crippen LogP contribution in [-0.2, 0) is 4.79 Å². The highest BCUT2D eigenvalue weighted by Crippen LogP contribution is 2.38. The third kappa shape index (κ3) is 6.19. The smallest absolute Gasteiger partial charge is 0.242 e. The minimum atomic E-state index is -0.451. The van der Waals surface area contributed by atoms with Gasteiger partial charge in [0.1, 0.15) is 5.25 Å². The number of rotatable bonds is 9. The Labute approximate surface area is 184 Å². The maximum Gasteiger partial charge on any atom is 0.242 e. The highest BCUT2D eigenvalue weighted by atomic mass is 35.5. The number of carbonyl (C=O) groups is 1. The Hall–Kier alpha value is -2.09. The predicted octanol–water partition coefficient (Wildman–Crippen LogP) is 6.18. The van der Waals surface area contributed by atoms with Crippen molar-refractivity contribution in [3.63, 3.8) is 0 Å². The van der Waals surface area contributed by atoms with Crippen molar-refractivity contribution in [3.05, 3.63) is 64.7 Å². The number of carbonyl (C=O) groups excluding carboxylic acids is 1. The molecule has 0 aliphatic carbocycles. The molecule has 2 N–H and O–H groups in total. The Bertz CT molecular complexity index is 949. The van der Waals surface area contributed by atoms with Crippen LogP contribution in [0.25, 0.3) is 0 Å². The summed E-state index contributed by atoms with van der Waals surface area (Å²) in [7, 11) is 0. The summed E-state index contributed by atoms with van der Waals surface area (Å²) in [6.45, 7) is 4.94. The van der Waals surface area contributed by atoms with Crippen LogP contribution < -0.4 is 10.6 Å². The number of nitrogens with zero attached hydrogens (tertiary/aromatic N) is 2. The highest BCUT2D eigenvalue weighted by molar-refractivity contribution is 8.02. The molecule has 1 atom stereocenters. The van der Waals surface area contributed by atoms with E-state index in [4.69, 9.17) is 11.6 Å². The zero-order chi connectivity index (χ0) is 20.6. The topological polar surface area (TPSA) is 66.9 Å². The Morgan fingerprint density at radius 1 is 1.21 bits per heavy atom. The molecule has 0 aliphatic rings. The van der Waals surface area contributed by atoms with E-state index in [0.717, 1.165) is 40.0 Å². The fraction of sp³-hybridized carbons (Fsp3) is 0.286. The standard InChI is InChI=1S/C21H23ClN4OS2/c1-3-4-12-23-20-25-26-21(29-20)28-18(15-8-6-5-7-9-15)19(27)24-16-11-10-14(2)17(22)13-16/h5-11,13,18H,3-4,12H2,1-2H3,(H,23,25)(H,24,27). The number of amides is 1. The normalized spacial score (nSPS) is 11.8. The molecule has 0 aliphatic heterocycles. The average Bonchev–Trinajstić information content (AvgIpc) is 3.17. The van der Waals surface area contributed by atoms with E-state index in [9.17, 15) is 4.79 Å². The summed E-state index contributed by atoms with van der Waals surface area (Å²) in [5, 5.41) is 15.6. The predicted molar refractivity (Wildman–Crippen MR) is 123 cm³/mol. The number of aryl methyl sites for hydroxylation is 1. The SMILES string of the molecule is CCCCNc1nnc(SC(C(=O)Nc2ccc(C)c(Cl)c2)c2ccccc2)s1. The molecule has 1 heterocycles. The molecule has 0 fully saturated rings. The number of thioether (sulfide) groups is 1. The molecule has 5 nitrogen and oxygen atoms in total. The van der Waals surface area contributed by atoms with Gasteiger partial charge in [0, 0.05) is 17.3 Å². The molecule has 152 valence electrons. The molecular weight excluding hydrogens is 424 g/mol. The van der Waals surface area contributed by atoms with E-state index in [-0.39, 0.29) is 5.91 Å². The lowest BCUT2D eigenvalue weighted by atomic mass is 10.1. The lowest BCUT2D eigenvalue weighted by Crippen LogP contribution is -2.19. The van der Waals surface area contributed by atoms with Gasteiger partial charge in [-0.05, 0) is 36.6 Å². The van der Waals surface area contributed by atoms with Crippen LogP contribution in [0.4, 0.5) is 10.8 Å². The molecule has 8 heteroatoms. The second-order valence-electron chi connectivity index (χ2n) is 6.52. The lowest BCUT2D eigenvalue weighted by molar-refractivity contribution is -0.115. The molecular formula is C21H23ClN4OS2. The summed E-state index contributed by atoms with van der Waals surface area (Å²) in [5.41, 5.74) is 2.55. The summed E-state index contributed by atoms with van der Waals surface area (Å²) >= 11 is 9.06. The molecule has 2 aromatic carbocycles. The van der Waals surface area contributed by atoms with Crippen molar-refractivity contribution in [2.75, 3.05) is 17.2 Å². The van der Waals surface area contributed by atoms with E-state index in [2.05, 4.69) is 27.8 Å². The first kappa shape index (κ1) is 21.6. The van der Waals surface area contributed by atoms with Gasteiger partial charge in [-0.1, -0.05) is 84.4 Å². The monoisotopic (exact) mass is 446 g/mol. The van der Waals surface area contributed by atoms with Crippen LogP contribution in [0.15, 0.2) is 52.9 Å². The van der Waals surface area contributed by atoms with Gasteiger partial charge in [0.25, 0.3) is 0 Å². The summed E-state index contributed by atoms with van der Waals surface area (Å²) in [4.78, 5) is 13.1. The zero-order valence-electron chi connectivity index (χ0n) is 16.3. The highest BCUT2D eigenvalue weighted by Gasteiger charge is 2.24. The van der Waals surface area contributed by atoms with Crippen LogP contribution >= 0.6 is 34.7 Å². The number of aromatic nitrogens is 2. The maximum atomic E-state index is 13.1. The summed E-state index contributed by atoms with van der Waals surface area (Å²) in [6, 6.07) is 15.2. The summed E-state index contributed by atoms with van der Waals surface area (Å²) < 4.78 is 0.745. The van der Waals surface area contributed by atoms with Crippen molar-refractivity contribution in [2.45, 2.75) is 36.3 Å². The van der Waals surface area contributed by atoms with Crippen LogP contribution in [0, 0.1) is 6.92 Å². The van der Waals surface area contributed by atoms with E-state index in [1.54, 1.807) is 6.07 Å². The molecule has 29 heavy (non-hydrogen) atoms. The van der Waals surface area contributed by atoms with Crippen molar-refractivity contribution in [1.29, 1.82) is 0 Å². The minimum absolute atomic E-state index is 0.128. The quantitative estimate of drug-likeness (QED) is 0.303. The number of anilines is 2. The van der Waals surface area contributed by atoms with E-state index in [1.807, 2.05) is 49.4 Å². The van der Waals surface area contributed by atoms with Crippen LogP contribution in [0.5, 0.6) is 0 Å². The molecule has 1 aromatic heterocycles. The molecule has 1 amide bonds. The van der Waals surface area contributed by atoms with Gasteiger partial charge in [0.2, 0.25) is 11.0 Å². The van der Waals surface area contributed by atoms with Crippen LogP contribution in [0.3, 0.4) is 0 Å². The third-order valence-electron chi connectivity index (χ3n) is 4.21. The van der Waals surface area contributed by atoms with E-state index < -0.39 is 5.25 Å². The summed E-state index contributed by atoms with van der Waals surface area (Å²) in [6.07, 6.45) is 2.20. The molecule has 0 bridgehead atoms. The van der Waals surface area contributed by atoms with Gasteiger partial charge >= 0.3 is 0 Å².